The molecule has 1 aliphatic carbocycles. The van der Waals surface area contributed by atoms with Crippen LogP contribution in [0.5, 0.6) is 0 Å². The summed E-state index contributed by atoms with van der Waals surface area (Å²) in [5.41, 5.74) is 6.48. The van der Waals surface area contributed by atoms with E-state index in [1.54, 1.807) is 0 Å². The van der Waals surface area contributed by atoms with Crippen LogP contribution in [-0.2, 0) is 4.74 Å². The zero-order chi connectivity index (χ0) is 12.8. The van der Waals surface area contributed by atoms with Gasteiger partial charge in [0.2, 0.25) is 0 Å². The molecule has 4 nitrogen and oxygen atoms in total. The maximum absolute atomic E-state index is 11.6. The largest absolute Gasteiger partial charge is 0.445 e. The van der Waals surface area contributed by atoms with E-state index >= 15 is 0 Å². The van der Waals surface area contributed by atoms with E-state index in [1.807, 2.05) is 30.3 Å². The summed E-state index contributed by atoms with van der Waals surface area (Å²) < 4.78 is 5.28. The zero-order valence-electron chi connectivity index (χ0n) is 10.3. The van der Waals surface area contributed by atoms with Gasteiger partial charge in [-0.1, -0.05) is 36.8 Å². The summed E-state index contributed by atoms with van der Waals surface area (Å²) >= 11 is 0. The number of amidine groups is 1. The van der Waals surface area contributed by atoms with Crippen LogP contribution in [0.15, 0.2) is 35.3 Å². The van der Waals surface area contributed by atoms with Crippen LogP contribution in [0.3, 0.4) is 0 Å². The summed E-state index contributed by atoms with van der Waals surface area (Å²) in [5, 5.41) is 0. The highest BCUT2D eigenvalue weighted by atomic mass is 16.6. The first-order chi connectivity index (χ1) is 8.75. The van der Waals surface area contributed by atoms with Crippen molar-refractivity contribution in [3.8, 4) is 0 Å². The average Bonchev–Trinajstić information content (AvgIpc) is 2.40. The molecule has 1 fully saturated rings. The van der Waals surface area contributed by atoms with Crippen LogP contribution in [0.1, 0.15) is 37.7 Å². The average molecular weight is 246 g/mol. The Morgan fingerprint density at radius 2 is 1.83 bits per heavy atom. The topological polar surface area (TPSA) is 64.7 Å². The summed E-state index contributed by atoms with van der Waals surface area (Å²) in [5.74, 6) is 0.205. The van der Waals surface area contributed by atoms with Crippen LogP contribution < -0.4 is 5.73 Å². The highest BCUT2D eigenvalue weighted by Crippen LogP contribution is 2.20. The number of hydrogen-bond donors (Lipinski definition) is 1. The molecule has 1 aromatic carbocycles. The summed E-state index contributed by atoms with van der Waals surface area (Å²) in [4.78, 5) is 15.4. The lowest BCUT2D eigenvalue weighted by Gasteiger charge is -2.20. The molecule has 96 valence electrons. The van der Waals surface area contributed by atoms with Crippen LogP contribution in [0.2, 0.25) is 0 Å². The Labute approximate surface area is 107 Å². The number of carbonyl (C=O) groups is 1. The van der Waals surface area contributed by atoms with Gasteiger partial charge in [-0.05, 0) is 25.7 Å². The fourth-order valence-electron chi connectivity index (χ4n) is 2.12. The lowest BCUT2D eigenvalue weighted by Crippen LogP contribution is -2.22. The van der Waals surface area contributed by atoms with Gasteiger partial charge in [-0.3, -0.25) is 0 Å². The van der Waals surface area contributed by atoms with E-state index in [0.29, 0.717) is 0 Å². The molecule has 0 unspecified atom stereocenters. The number of nitrogens with zero attached hydrogens (tertiary/aromatic N) is 1. The summed E-state index contributed by atoms with van der Waals surface area (Å²) in [6.45, 7) is 0. The van der Waals surface area contributed by atoms with Gasteiger partial charge in [-0.25, -0.2) is 4.79 Å². The van der Waals surface area contributed by atoms with Crippen molar-refractivity contribution in [3.63, 3.8) is 0 Å². The smallest absolute Gasteiger partial charge is 0.435 e. The maximum atomic E-state index is 11.6. The van der Waals surface area contributed by atoms with Crippen molar-refractivity contribution < 1.29 is 9.53 Å². The summed E-state index contributed by atoms with van der Waals surface area (Å²) in [7, 11) is 0. The predicted octanol–water partition coefficient (Wildman–Crippen LogP) is 2.86. The van der Waals surface area contributed by atoms with Gasteiger partial charge in [0.15, 0.2) is 0 Å². The molecule has 2 rings (SSSR count). The zero-order valence-corrected chi connectivity index (χ0v) is 10.3. The third-order valence-electron chi connectivity index (χ3n) is 3.10. The molecule has 0 aromatic heterocycles. The SMILES string of the molecule is NC(=NC(=O)OC1CCCCC1)c1ccccc1. The van der Waals surface area contributed by atoms with Crippen LogP contribution in [-0.4, -0.2) is 18.0 Å². The Balaban J connectivity index is 1.93. The third kappa shape index (κ3) is 3.58. The van der Waals surface area contributed by atoms with E-state index in [9.17, 15) is 4.79 Å². The highest BCUT2D eigenvalue weighted by Gasteiger charge is 2.17. The molecule has 0 aliphatic heterocycles. The van der Waals surface area contributed by atoms with Gasteiger partial charge in [-0.2, -0.15) is 4.99 Å². The van der Waals surface area contributed by atoms with Crippen molar-refractivity contribution in [2.75, 3.05) is 0 Å². The summed E-state index contributed by atoms with van der Waals surface area (Å²) in [6.07, 6.45) is 4.77. The Morgan fingerprint density at radius 3 is 2.50 bits per heavy atom. The molecule has 1 aliphatic rings. The van der Waals surface area contributed by atoms with E-state index in [4.69, 9.17) is 10.5 Å². The minimum absolute atomic E-state index is 0.0126. The normalized spacial score (nSPS) is 17.4. The second kappa shape index (κ2) is 6.19. The lowest BCUT2D eigenvalue weighted by atomic mass is 9.98. The Morgan fingerprint density at radius 1 is 1.17 bits per heavy atom. The first kappa shape index (κ1) is 12.6. The quantitative estimate of drug-likeness (QED) is 0.644. The van der Waals surface area contributed by atoms with Crippen LogP contribution >= 0.6 is 0 Å². The Kier molecular flexibility index (Phi) is 4.34. The predicted molar refractivity (Wildman–Crippen MR) is 70.5 cm³/mol. The van der Waals surface area contributed by atoms with Gasteiger partial charge >= 0.3 is 6.09 Å². The molecule has 0 bridgehead atoms. The van der Waals surface area contributed by atoms with Crippen molar-refractivity contribution in [2.24, 2.45) is 10.7 Å². The maximum Gasteiger partial charge on any atom is 0.435 e. The molecule has 2 N–H and O–H groups in total. The van der Waals surface area contributed by atoms with Crippen molar-refractivity contribution in [1.82, 2.24) is 0 Å². The molecule has 0 spiro atoms. The molecule has 1 amide bonds. The number of ether oxygens (including phenoxy) is 1. The minimum Gasteiger partial charge on any atom is -0.445 e. The van der Waals surface area contributed by atoms with Crippen molar-refractivity contribution in [2.45, 2.75) is 38.2 Å². The number of amides is 1. The molecule has 18 heavy (non-hydrogen) atoms. The fourth-order valence-corrected chi connectivity index (χ4v) is 2.12. The molecule has 4 heteroatoms. The first-order valence-electron chi connectivity index (χ1n) is 6.36. The van der Waals surface area contributed by atoms with E-state index in [0.717, 1.165) is 31.2 Å². The molecule has 1 saturated carbocycles. The Hall–Kier alpha value is -1.84. The van der Waals surface area contributed by atoms with E-state index in [-0.39, 0.29) is 11.9 Å². The van der Waals surface area contributed by atoms with Crippen molar-refractivity contribution in [3.05, 3.63) is 35.9 Å². The Bertz CT molecular complexity index is 423. The van der Waals surface area contributed by atoms with Crippen molar-refractivity contribution >= 4 is 11.9 Å². The van der Waals surface area contributed by atoms with Gasteiger partial charge in [0.1, 0.15) is 11.9 Å². The van der Waals surface area contributed by atoms with E-state index in [2.05, 4.69) is 4.99 Å². The molecule has 0 atom stereocenters. The van der Waals surface area contributed by atoms with Crippen molar-refractivity contribution in [1.29, 1.82) is 0 Å². The van der Waals surface area contributed by atoms with Crippen LogP contribution in [0.25, 0.3) is 0 Å². The number of carbonyl (C=O) groups excluding carboxylic acids is 1. The van der Waals surface area contributed by atoms with Gasteiger partial charge in [0.25, 0.3) is 0 Å². The standard InChI is InChI=1S/C14H18N2O2/c15-13(11-7-3-1-4-8-11)16-14(17)18-12-9-5-2-6-10-12/h1,3-4,7-8,12H,2,5-6,9-10H2,(H2,15,16,17). The van der Waals surface area contributed by atoms with Gasteiger partial charge in [0.05, 0.1) is 0 Å². The second-order valence-electron chi connectivity index (χ2n) is 4.51. The summed E-state index contributed by atoms with van der Waals surface area (Å²) in [6, 6.07) is 9.21. The molecule has 1 aromatic rings. The molecular weight excluding hydrogens is 228 g/mol. The number of aliphatic imine (C=N–C) groups is 1. The monoisotopic (exact) mass is 246 g/mol. The minimum atomic E-state index is -0.580. The molecule has 0 radical (unpaired) electrons. The fraction of sp³-hybridized carbons (Fsp3) is 0.429. The van der Waals surface area contributed by atoms with Crippen LogP contribution in [0.4, 0.5) is 4.79 Å². The van der Waals surface area contributed by atoms with Gasteiger partial charge < -0.3 is 10.5 Å². The first-order valence-corrected chi connectivity index (χ1v) is 6.36. The number of benzene rings is 1. The molecular formula is C14H18N2O2. The van der Waals surface area contributed by atoms with Gasteiger partial charge in [-0.15, -0.1) is 0 Å². The second-order valence-corrected chi connectivity index (χ2v) is 4.51. The number of rotatable bonds is 2. The lowest BCUT2D eigenvalue weighted by molar-refractivity contribution is 0.0833. The van der Waals surface area contributed by atoms with Crippen LogP contribution in [0, 0.1) is 0 Å². The highest BCUT2D eigenvalue weighted by molar-refractivity contribution is 6.02. The molecule has 0 heterocycles. The number of nitrogens with two attached hydrogens (primary N) is 1. The van der Waals surface area contributed by atoms with Gasteiger partial charge in [0, 0.05) is 5.56 Å². The molecule has 0 saturated heterocycles. The van der Waals surface area contributed by atoms with E-state index in [1.165, 1.54) is 6.42 Å². The van der Waals surface area contributed by atoms with E-state index < -0.39 is 6.09 Å². The number of hydrogen-bond acceptors (Lipinski definition) is 2. The third-order valence-corrected chi connectivity index (χ3v) is 3.10.